The van der Waals surface area contributed by atoms with E-state index >= 15 is 0 Å². The summed E-state index contributed by atoms with van der Waals surface area (Å²) in [7, 11) is 4.68. The number of nitrogens with zero attached hydrogens (tertiary/aromatic N) is 2. The van der Waals surface area contributed by atoms with Crippen molar-refractivity contribution in [2.75, 3.05) is 14.2 Å². The highest BCUT2D eigenvalue weighted by atomic mass is 19.1. The van der Waals surface area contributed by atoms with Gasteiger partial charge in [-0.15, -0.1) is 0 Å². The van der Waals surface area contributed by atoms with E-state index in [1.165, 1.54) is 37.1 Å². The van der Waals surface area contributed by atoms with Gasteiger partial charge in [-0.2, -0.15) is 5.10 Å². The third kappa shape index (κ3) is 2.34. The first-order valence-electron chi connectivity index (χ1n) is 6.08. The van der Waals surface area contributed by atoms with Crippen molar-refractivity contribution in [2.24, 2.45) is 7.05 Å². The molecule has 1 aromatic heterocycles. The maximum absolute atomic E-state index is 13.4. The molecule has 0 fully saturated rings. The fraction of sp³-hybridized carbons (Fsp3) is 0.357. The minimum atomic E-state index is -1.08. The average molecular weight is 280 g/mol. The van der Waals surface area contributed by atoms with Crippen LogP contribution in [0.5, 0.6) is 11.6 Å². The second-order valence-electron chi connectivity index (χ2n) is 4.42. The normalized spacial score (nSPS) is 12.3. The Labute approximate surface area is 116 Å². The van der Waals surface area contributed by atoms with Crippen LogP contribution in [0, 0.1) is 12.7 Å². The molecule has 1 atom stereocenters. The summed E-state index contributed by atoms with van der Waals surface area (Å²) in [5.74, 6) is 0.394. The van der Waals surface area contributed by atoms with Crippen LogP contribution in [0.3, 0.4) is 0 Å². The second kappa shape index (κ2) is 5.50. The molecule has 1 heterocycles. The minimum absolute atomic E-state index is 0.335. The van der Waals surface area contributed by atoms with Crippen molar-refractivity contribution < 1.29 is 19.0 Å². The molecular formula is C14H17FN2O3. The van der Waals surface area contributed by atoms with Crippen LogP contribution in [0.1, 0.15) is 22.9 Å². The number of methoxy groups -OCH3 is 2. The van der Waals surface area contributed by atoms with Crippen LogP contribution in [-0.4, -0.2) is 29.1 Å². The fourth-order valence-electron chi connectivity index (χ4n) is 2.28. The van der Waals surface area contributed by atoms with Gasteiger partial charge in [0.2, 0.25) is 5.88 Å². The number of ether oxygens (including phenoxy) is 2. The van der Waals surface area contributed by atoms with E-state index in [-0.39, 0.29) is 0 Å². The smallest absolute Gasteiger partial charge is 0.217 e. The number of aromatic nitrogens is 2. The van der Waals surface area contributed by atoms with Crippen LogP contribution >= 0.6 is 0 Å². The van der Waals surface area contributed by atoms with Crippen LogP contribution < -0.4 is 9.47 Å². The van der Waals surface area contributed by atoms with Gasteiger partial charge in [-0.3, -0.25) is 0 Å². The van der Waals surface area contributed by atoms with E-state index in [1.54, 1.807) is 14.0 Å². The summed E-state index contributed by atoms with van der Waals surface area (Å²) in [6, 6.07) is 4.00. The molecule has 0 saturated heterocycles. The maximum atomic E-state index is 13.4. The molecule has 0 aliphatic carbocycles. The molecule has 1 N–H and O–H groups in total. The Kier molecular flexibility index (Phi) is 3.94. The molecule has 0 aliphatic heterocycles. The predicted molar refractivity (Wildman–Crippen MR) is 71.5 cm³/mol. The topological polar surface area (TPSA) is 56.5 Å². The molecule has 1 unspecified atom stereocenters. The molecule has 0 bridgehead atoms. The van der Waals surface area contributed by atoms with Crippen molar-refractivity contribution in [1.82, 2.24) is 9.78 Å². The lowest BCUT2D eigenvalue weighted by Gasteiger charge is -2.16. The van der Waals surface area contributed by atoms with Gasteiger partial charge in [0.15, 0.2) is 0 Å². The zero-order chi connectivity index (χ0) is 14.9. The van der Waals surface area contributed by atoms with Crippen LogP contribution in [0.2, 0.25) is 0 Å². The van der Waals surface area contributed by atoms with Gasteiger partial charge >= 0.3 is 0 Å². The van der Waals surface area contributed by atoms with Gasteiger partial charge in [0.25, 0.3) is 0 Å². The zero-order valence-corrected chi connectivity index (χ0v) is 11.8. The van der Waals surface area contributed by atoms with Gasteiger partial charge in [-0.05, 0) is 25.1 Å². The van der Waals surface area contributed by atoms with Gasteiger partial charge < -0.3 is 14.6 Å². The molecule has 2 aromatic rings. The third-order valence-electron chi connectivity index (χ3n) is 3.17. The fourth-order valence-corrected chi connectivity index (χ4v) is 2.28. The van der Waals surface area contributed by atoms with Crippen LogP contribution in [0.15, 0.2) is 18.2 Å². The largest absolute Gasteiger partial charge is 0.496 e. The van der Waals surface area contributed by atoms with Crippen molar-refractivity contribution in [3.05, 3.63) is 40.8 Å². The van der Waals surface area contributed by atoms with Crippen LogP contribution in [-0.2, 0) is 7.05 Å². The summed E-state index contributed by atoms with van der Waals surface area (Å²) in [5, 5.41) is 14.8. The van der Waals surface area contributed by atoms with E-state index in [0.717, 1.165) is 0 Å². The highest BCUT2D eigenvalue weighted by Gasteiger charge is 2.25. The third-order valence-corrected chi connectivity index (χ3v) is 3.17. The average Bonchev–Trinajstić information content (AvgIpc) is 2.71. The summed E-state index contributed by atoms with van der Waals surface area (Å²) in [4.78, 5) is 0. The monoisotopic (exact) mass is 280 g/mol. The van der Waals surface area contributed by atoms with E-state index in [9.17, 15) is 9.50 Å². The van der Waals surface area contributed by atoms with Crippen LogP contribution in [0.25, 0.3) is 0 Å². The lowest BCUT2D eigenvalue weighted by molar-refractivity contribution is 0.207. The van der Waals surface area contributed by atoms with Crippen molar-refractivity contribution in [1.29, 1.82) is 0 Å². The zero-order valence-electron chi connectivity index (χ0n) is 11.8. The van der Waals surface area contributed by atoms with Crippen molar-refractivity contribution in [3.63, 3.8) is 0 Å². The number of aliphatic hydroxyl groups excluding tert-OH is 1. The number of halogens is 1. The van der Waals surface area contributed by atoms with Gasteiger partial charge in [0.05, 0.1) is 25.5 Å². The van der Waals surface area contributed by atoms with E-state index in [0.29, 0.717) is 28.5 Å². The number of aliphatic hydroxyl groups is 1. The number of aryl methyl sites for hydroxylation is 2. The molecule has 0 amide bonds. The summed E-state index contributed by atoms with van der Waals surface area (Å²) in [6.07, 6.45) is -1.08. The summed E-state index contributed by atoms with van der Waals surface area (Å²) >= 11 is 0. The standard InChI is InChI=1S/C14H17FN2O3/c1-8-12(14(20-4)17(2)16-8)13(18)10-7-9(15)5-6-11(10)19-3/h5-7,13,18H,1-4H3. The Hall–Kier alpha value is -2.08. The van der Waals surface area contributed by atoms with Crippen molar-refractivity contribution in [2.45, 2.75) is 13.0 Å². The van der Waals surface area contributed by atoms with E-state index < -0.39 is 11.9 Å². The lowest BCUT2D eigenvalue weighted by atomic mass is 10.0. The van der Waals surface area contributed by atoms with E-state index in [1.807, 2.05) is 0 Å². The minimum Gasteiger partial charge on any atom is -0.496 e. The molecule has 0 spiro atoms. The highest BCUT2D eigenvalue weighted by Crippen LogP contribution is 2.36. The highest BCUT2D eigenvalue weighted by molar-refractivity contribution is 5.45. The SMILES string of the molecule is COc1ccc(F)cc1C(O)c1c(C)nn(C)c1OC. The molecule has 5 nitrogen and oxygen atoms in total. The molecule has 6 heteroatoms. The Balaban J connectivity index is 2.56. The van der Waals surface area contributed by atoms with Gasteiger partial charge in [0, 0.05) is 12.6 Å². The second-order valence-corrected chi connectivity index (χ2v) is 4.42. The molecule has 0 radical (unpaired) electrons. The van der Waals surface area contributed by atoms with E-state index in [4.69, 9.17) is 9.47 Å². The Morgan fingerprint density at radius 2 is 2.00 bits per heavy atom. The predicted octanol–water partition coefficient (Wildman–Crippen LogP) is 1.97. The number of rotatable bonds is 4. The van der Waals surface area contributed by atoms with Gasteiger partial charge in [-0.1, -0.05) is 0 Å². The maximum Gasteiger partial charge on any atom is 0.217 e. The van der Waals surface area contributed by atoms with Crippen LogP contribution in [0.4, 0.5) is 4.39 Å². The number of hydrogen-bond donors (Lipinski definition) is 1. The molecule has 0 aliphatic rings. The van der Waals surface area contributed by atoms with E-state index in [2.05, 4.69) is 5.10 Å². The first kappa shape index (κ1) is 14.3. The van der Waals surface area contributed by atoms with Crippen molar-refractivity contribution in [3.8, 4) is 11.6 Å². The molecule has 20 heavy (non-hydrogen) atoms. The number of benzene rings is 1. The quantitative estimate of drug-likeness (QED) is 0.930. The molecule has 1 aromatic carbocycles. The Morgan fingerprint density at radius 3 is 2.60 bits per heavy atom. The molecule has 108 valence electrons. The number of hydrogen-bond acceptors (Lipinski definition) is 4. The van der Waals surface area contributed by atoms with Gasteiger partial charge in [-0.25, -0.2) is 9.07 Å². The first-order valence-corrected chi connectivity index (χ1v) is 6.08. The summed E-state index contributed by atoms with van der Waals surface area (Å²) in [5.41, 5.74) is 1.45. The lowest BCUT2D eigenvalue weighted by Crippen LogP contribution is -2.06. The first-order chi connectivity index (χ1) is 9.49. The summed E-state index contributed by atoms with van der Waals surface area (Å²) in [6.45, 7) is 1.76. The Morgan fingerprint density at radius 1 is 1.30 bits per heavy atom. The van der Waals surface area contributed by atoms with Gasteiger partial charge in [0.1, 0.15) is 17.7 Å². The molecular weight excluding hydrogens is 263 g/mol. The molecule has 0 saturated carbocycles. The summed E-state index contributed by atoms with van der Waals surface area (Å²) < 4.78 is 25.4. The Bertz CT molecular complexity index is 625. The molecule has 2 rings (SSSR count). The van der Waals surface area contributed by atoms with Crippen molar-refractivity contribution >= 4 is 0 Å².